The Hall–Kier alpha value is -1.00. The predicted octanol–water partition coefficient (Wildman–Crippen LogP) is 2.95. The second kappa shape index (κ2) is 6.44. The molecule has 2 atom stereocenters. The highest BCUT2D eigenvalue weighted by atomic mass is 19.1. The van der Waals surface area contributed by atoms with Gasteiger partial charge in [0.25, 0.3) is 0 Å². The van der Waals surface area contributed by atoms with Crippen molar-refractivity contribution in [3.8, 4) is 0 Å². The summed E-state index contributed by atoms with van der Waals surface area (Å²) in [6.45, 7) is 0.195. The van der Waals surface area contributed by atoms with E-state index in [1.807, 2.05) is 0 Å². The van der Waals surface area contributed by atoms with Gasteiger partial charge in [0.1, 0.15) is 11.6 Å². The van der Waals surface area contributed by atoms with E-state index in [-0.39, 0.29) is 12.5 Å². The number of benzene rings is 1. The quantitative estimate of drug-likeness (QED) is 0.882. The van der Waals surface area contributed by atoms with E-state index in [0.717, 1.165) is 31.7 Å². The molecule has 0 saturated heterocycles. The van der Waals surface area contributed by atoms with E-state index in [1.54, 1.807) is 0 Å². The van der Waals surface area contributed by atoms with E-state index in [1.165, 1.54) is 18.6 Å². The Bertz CT molecular complexity index is 398. The molecular weight excluding hydrogens is 248 g/mol. The number of aliphatic hydroxyl groups excluding tert-OH is 1. The van der Waals surface area contributed by atoms with E-state index in [0.29, 0.717) is 5.56 Å². The Morgan fingerprint density at radius 3 is 2.21 bits per heavy atom. The minimum atomic E-state index is -0.621. The van der Waals surface area contributed by atoms with Crippen LogP contribution in [0.4, 0.5) is 8.78 Å². The Morgan fingerprint density at radius 1 is 1.11 bits per heavy atom. The third kappa shape index (κ3) is 3.51. The average molecular weight is 269 g/mol. The molecule has 0 spiro atoms. The van der Waals surface area contributed by atoms with Gasteiger partial charge in [-0.25, -0.2) is 8.78 Å². The Morgan fingerprint density at radius 2 is 1.68 bits per heavy atom. The van der Waals surface area contributed by atoms with Crippen molar-refractivity contribution in [2.75, 3.05) is 6.54 Å². The fourth-order valence-electron chi connectivity index (χ4n) is 3.07. The first kappa shape index (κ1) is 14.4. The largest absolute Gasteiger partial charge is 0.392 e. The summed E-state index contributed by atoms with van der Waals surface area (Å²) in [5.74, 6) is -1.45. The standard InChI is InChI=1S/C15H21F2NO/c16-12-6-11(7-13(17)8-12)14(9-18)15(19)10-4-2-1-3-5-10/h6-8,10,14-15,19H,1-5,9,18H2. The molecule has 2 unspecified atom stereocenters. The number of hydrogen-bond acceptors (Lipinski definition) is 2. The highest BCUT2D eigenvalue weighted by Gasteiger charge is 2.29. The summed E-state index contributed by atoms with van der Waals surface area (Å²) >= 11 is 0. The number of hydrogen-bond donors (Lipinski definition) is 2. The van der Waals surface area contributed by atoms with Gasteiger partial charge in [-0.15, -0.1) is 0 Å². The van der Waals surface area contributed by atoms with Crippen molar-refractivity contribution in [2.24, 2.45) is 11.7 Å². The van der Waals surface area contributed by atoms with Gasteiger partial charge in [0.2, 0.25) is 0 Å². The molecule has 1 aliphatic carbocycles. The minimum Gasteiger partial charge on any atom is -0.392 e. The molecule has 0 radical (unpaired) electrons. The summed E-state index contributed by atoms with van der Waals surface area (Å²) in [6, 6.07) is 3.38. The molecule has 3 N–H and O–H groups in total. The lowest BCUT2D eigenvalue weighted by atomic mass is 9.78. The molecule has 1 aliphatic rings. The first-order chi connectivity index (χ1) is 9.11. The molecule has 0 heterocycles. The van der Waals surface area contributed by atoms with E-state index < -0.39 is 23.7 Å². The van der Waals surface area contributed by atoms with Crippen LogP contribution in [0.3, 0.4) is 0 Å². The second-order valence-corrected chi connectivity index (χ2v) is 5.43. The van der Waals surface area contributed by atoms with Gasteiger partial charge in [0.15, 0.2) is 0 Å². The van der Waals surface area contributed by atoms with Crippen LogP contribution >= 0.6 is 0 Å². The van der Waals surface area contributed by atoms with E-state index in [9.17, 15) is 13.9 Å². The predicted molar refractivity (Wildman–Crippen MR) is 70.7 cm³/mol. The Balaban J connectivity index is 2.17. The van der Waals surface area contributed by atoms with Crippen LogP contribution in [0.25, 0.3) is 0 Å². The number of nitrogens with two attached hydrogens (primary N) is 1. The summed E-state index contributed by atoms with van der Waals surface area (Å²) in [5, 5.41) is 10.4. The van der Waals surface area contributed by atoms with Gasteiger partial charge in [-0.1, -0.05) is 19.3 Å². The molecule has 1 aromatic rings. The molecule has 0 aliphatic heterocycles. The van der Waals surface area contributed by atoms with Crippen LogP contribution in [0.5, 0.6) is 0 Å². The highest BCUT2D eigenvalue weighted by Crippen LogP contribution is 2.33. The van der Waals surface area contributed by atoms with Gasteiger partial charge in [-0.2, -0.15) is 0 Å². The van der Waals surface area contributed by atoms with Gasteiger partial charge < -0.3 is 10.8 Å². The zero-order chi connectivity index (χ0) is 13.8. The van der Waals surface area contributed by atoms with Crippen molar-refractivity contribution in [2.45, 2.75) is 44.1 Å². The summed E-state index contributed by atoms with van der Waals surface area (Å²) < 4.78 is 26.5. The lowest BCUT2D eigenvalue weighted by Gasteiger charge is -2.32. The molecule has 0 amide bonds. The first-order valence-corrected chi connectivity index (χ1v) is 6.96. The second-order valence-electron chi connectivity index (χ2n) is 5.43. The summed E-state index contributed by atoms with van der Waals surface area (Å²) in [7, 11) is 0. The summed E-state index contributed by atoms with van der Waals surface area (Å²) in [4.78, 5) is 0. The van der Waals surface area contributed by atoms with Crippen LogP contribution in [0, 0.1) is 17.6 Å². The third-order valence-corrected chi connectivity index (χ3v) is 4.11. The maximum absolute atomic E-state index is 13.3. The maximum Gasteiger partial charge on any atom is 0.126 e. The van der Waals surface area contributed by atoms with Crippen LogP contribution in [-0.2, 0) is 0 Å². The van der Waals surface area contributed by atoms with Crippen molar-refractivity contribution in [3.63, 3.8) is 0 Å². The molecule has 1 aromatic carbocycles. The summed E-state index contributed by atoms with van der Waals surface area (Å²) in [6.07, 6.45) is 4.73. The number of aliphatic hydroxyl groups is 1. The normalized spacial score (nSPS) is 20.2. The summed E-state index contributed by atoms with van der Waals surface area (Å²) in [5.41, 5.74) is 6.16. The van der Waals surface area contributed by atoms with Gasteiger partial charge in [-0.3, -0.25) is 0 Å². The third-order valence-electron chi connectivity index (χ3n) is 4.11. The first-order valence-electron chi connectivity index (χ1n) is 6.96. The number of rotatable bonds is 4. The minimum absolute atomic E-state index is 0.189. The van der Waals surface area contributed by atoms with Gasteiger partial charge in [0.05, 0.1) is 6.10 Å². The zero-order valence-electron chi connectivity index (χ0n) is 11.0. The average Bonchev–Trinajstić information content (AvgIpc) is 2.39. The lowest BCUT2D eigenvalue weighted by molar-refractivity contribution is 0.0623. The van der Waals surface area contributed by atoms with Gasteiger partial charge in [-0.05, 0) is 36.5 Å². The van der Waals surface area contributed by atoms with E-state index >= 15 is 0 Å². The molecule has 2 rings (SSSR count). The molecule has 4 heteroatoms. The van der Waals surface area contributed by atoms with E-state index in [4.69, 9.17) is 5.73 Å². The number of halogens is 2. The Kier molecular flexibility index (Phi) is 4.88. The van der Waals surface area contributed by atoms with Crippen molar-refractivity contribution in [1.82, 2.24) is 0 Å². The smallest absolute Gasteiger partial charge is 0.126 e. The monoisotopic (exact) mass is 269 g/mol. The Labute approximate surface area is 112 Å². The molecule has 1 saturated carbocycles. The molecule has 19 heavy (non-hydrogen) atoms. The fraction of sp³-hybridized carbons (Fsp3) is 0.600. The van der Waals surface area contributed by atoms with Crippen molar-refractivity contribution < 1.29 is 13.9 Å². The molecule has 0 bridgehead atoms. The van der Waals surface area contributed by atoms with Gasteiger partial charge in [0, 0.05) is 18.5 Å². The van der Waals surface area contributed by atoms with Crippen molar-refractivity contribution in [3.05, 3.63) is 35.4 Å². The van der Waals surface area contributed by atoms with E-state index in [2.05, 4.69) is 0 Å². The highest BCUT2D eigenvalue weighted by molar-refractivity contribution is 5.23. The van der Waals surface area contributed by atoms with Crippen LogP contribution in [0.2, 0.25) is 0 Å². The maximum atomic E-state index is 13.3. The topological polar surface area (TPSA) is 46.2 Å². The van der Waals surface area contributed by atoms with Crippen molar-refractivity contribution in [1.29, 1.82) is 0 Å². The molecule has 0 aromatic heterocycles. The molecular formula is C15H21F2NO. The molecule has 1 fully saturated rings. The van der Waals surface area contributed by atoms with Crippen LogP contribution in [-0.4, -0.2) is 17.8 Å². The molecule has 106 valence electrons. The van der Waals surface area contributed by atoms with Crippen LogP contribution in [0.1, 0.15) is 43.6 Å². The van der Waals surface area contributed by atoms with Crippen molar-refractivity contribution >= 4 is 0 Å². The fourth-order valence-corrected chi connectivity index (χ4v) is 3.07. The van der Waals surface area contributed by atoms with Crippen LogP contribution < -0.4 is 5.73 Å². The zero-order valence-corrected chi connectivity index (χ0v) is 11.0. The van der Waals surface area contributed by atoms with Crippen LogP contribution in [0.15, 0.2) is 18.2 Å². The van der Waals surface area contributed by atoms with Gasteiger partial charge >= 0.3 is 0 Å². The molecule has 2 nitrogen and oxygen atoms in total. The SMILES string of the molecule is NCC(c1cc(F)cc(F)c1)C(O)C1CCCCC1. The lowest BCUT2D eigenvalue weighted by Crippen LogP contribution is -2.33.